The maximum atomic E-state index is 5.82. The van der Waals surface area contributed by atoms with E-state index in [1.807, 2.05) is 83.4 Å². The maximum Gasteiger partial charge on any atom is 0.146 e. The summed E-state index contributed by atoms with van der Waals surface area (Å²) in [5.41, 5.74) is 2.88. The summed E-state index contributed by atoms with van der Waals surface area (Å²) in [6, 6.07) is 25.9. The van der Waals surface area contributed by atoms with Crippen molar-refractivity contribution in [3.8, 4) is 22.8 Å². The van der Waals surface area contributed by atoms with Crippen molar-refractivity contribution in [1.82, 2.24) is 9.55 Å². The number of rotatable bonds is 3. The Morgan fingerprint density at radius 2 is 1.52 bits per heavy atom. The Morgan fingerprint density at radius 3 is 2.24 bits per heavy atom. The molecule has 0 aliphatic heterocycles. The molecule has 0 aliphatic carbocycles. The fraction of sp³-hybridized carbons (Fsp3) is 0.0476. The van der Waals surface area contributed by atoms with Crippen LogP contribution in [0.2, 0.25) is 0 Å². The number of fused-ring (bicyclic) bond motifs is 1. The second kappa shape index (κ2) is 6.49. The average Bonchev–Trinajstić information content (AvgIpc) is 2.69. The van der Waals surface area contributed by atoms with Crippen LogP contribution in [0.5, 0.6) is 5.75 Å². The topological polar surface area (TPSA) is 27.1 Å². The van der Waals surface area contributed by atoms with E-state index in [9.17, 15) is 0 Å². The van der Waals surface area contributed by atoms with Gasteiger partial charge in [0, 0.05) is 16.6 Å². The summed E-state index contributed by atoms with van der Waals surface area (Å²) >= 11 is 5.82. The Kier molecular flexibility index (Phi) is 4.04. The lowest BCUT2D eigenvalue weighted by Crippen LogP contribution is -2.05. The molecule has 0 fully saturated rings. The van der Waals surface area contributed by atoms with E-state index in [0.717, 1.165) is 38.4 Å². The van der Waals surface area contributed by atoms with Gasteiger partial charge in [-0.1, -0.05) is 54.7 Å². The minimum Gasteiger partial charge on any atom is -0.497 e. The van der Waals surface area contributed by atoms with Gasteiger partial charge in [-0.3, -0.25) is 4.57 Å². The molecule has 0 unspecified atom stereocenters. The molecule has 0 spiro atoms. The zero-order valence-corrected chi connectivity index (χ0v) is 14.5. The quantitative estimate of drug-likeness (QED) is 0.464. The van der Waals surface area contributed by atoms with E-state index < -0.39 is 0 Å². The van der Waals surface area contributed by atoms with Gasteiger partial charge in [0.25, 0.3) is 0 Å². The zero-order chi connectivity index (χ0) is 17.2. The number of benzene rings is 3. The molecular formula is C21H16N2OS. The third kappa shape index (κ3) is 2.81. The lowest BCUT2D eigenvalue weighted by molar-refractivity contribution is 0.414. The van der Waals surface area contributed by atoms with Crippen molar-refractivity contribution < 1.29 is 4.74 Å². The normalized spacial score (nSPS) is 10.8. The van der Waals surface area contributed by atoms with E-state index in [2.05, 4.69) is 0 Å². The number of nitrogens with zero attached hydrogens (tertiary/aromatic N) is 2. The smallest absolute Gasteiger partial charge is 0.146 e. The van der Waals surface area contributed by atoms with Crippen LogP contribution < -0.4 is 4.74 Å². The van der Waals surface area contributed by atoms with E-state index in [0.29, 0.717) is 0 Å². The molecule has 3 aromatic carbocycles. The second-order valence-electron chi connectivity index (χ2n) is 5.66. The molecule has 25 heavy (non-hydrogen) atoms. The van der Waals surface area contributed by atoms with Crippen LogP contribution in [-0.4, -0.2) is 16.7 Å². The first-order valence-electron chi connectivity index (χ1n) is 7.99. The van der Waals surface area contributed by atoms with Crippen LogP contribution in [0.15, 0.2) is 78.9 Å². The number of ether oxygens (including phenoxy) is 1. The van der Waals surface area contributed by atoms with Gasteiger partial charge in [-0.2, -0.15) is 0 Å². The van der Waals surface area contributed by atoms with Gasteiger partial charge in [0.1, 0.15) is 16.2 Å². The highest BCUT2D eigenvalue weighted by molar-refractivity contribution is 7.71. The van der Waals surface area contributed by atoms with Crippen molar-refractivity contribution in [2.24, 2.45) is 0 Å². The predicted octanol–water partition coefficient (Wildman–Crippen LogP) is 5.43. The number of para-hydroxylation sites is 1. The molecule has 0 saturated heterocycles. The summed E-state index contributed by atoms with van der Waals surface area (Å²) in [6.07, 6.45) is 0. The summed E-state index contributed by atoms with van der Waals surface area (Å²) in [6.45, 7) is 0. The Labute approximate surface area is 151 Å². The summed E-state index contributed by atoms with van der Waals surface area (Å²) in [5.74, 6) is 1.64. The molecular weight excluding hydrogens is 328 g/mol. The molecule has 0 N–H and O–H groups in total. The molecule has 1 heterocycles. The molecule has 4 rings (SSSR count). The molecule has 4 aromatic rings. The van der Waals surface area contributed by atoms with Crippen molar-refractivity contribution in [1.29, 1.82) is 0 Å². The summed E-state index contributed by atoms with van der Waals surface area (Å²) in [5, 5.41) is 0.966. The van der Waals surface area contributed by atoms with Gasteiger partial charge >= 0.3 is 0 Å². The highest BCUT2D eigenvalue weighted by Gasteiger charge is 2.12. The zero-order valence-electron chi connectivity index (χ0n) is 13.7. The molecule has 1 aromatic heterocycles. The minimum atomic E-state index is 0.745. The number of aromatic nitrogens is 2. The van der Waals surface area contributed by atoms with E-state index in [-0.39, 0.29) is 0 Å². The van der Waals surface area contributed by atoms with Crippen molar-refractivity contribution in [2.45, 2.75) is 0 Å². The highest BCUT2D eigenvalue weighted by atomic mass is 32.1. The Hall–Kier alpha value is -2.98. The largest absolute Gasteiger partial charge is 0.497 e. The van der Waals surface area contributed by atoms with Gasteiger partial charge in [0.2, 0.25) is 0 Å². The van der Waals surface area contributed by atoms with Gasteiger partial charge in [0.15, 0.2) is 0 Å². The van der Waals surface area contributed by atoms with E-state index in [1.165, 1.54) is 0 Å². The van der Waals surface area contributed by atoms with Crippen molar-refractivity contribution >= 4 is 23.1 Å². The minimum absolute atomic E-state index is 0.745. The monoisotopic (exact) mass is 344 g/mol. The summed E-state index contributed by atoms with van der Waals surface area (Å²) in [7, 11) is 1.66. The van der Waals surface area contributed by atoms with Gasteiger partial charge < -0.3 is 4.74 Å². The maximum absolute atomic E-state index is 5.82. The van der Waals surface area contributed by atoms with Crippen molar-refractivity contribution in [2.75, 3.05) is 7.11 Å². The van der Waals surface area contributed by atoms with Crippen LogP contribution in [0.25, 0.3) is 28.0 Å². The lowest BCUT2D eigenvalue weighted by atomic mass is 10.1. The first-order chi connectivity index (χ1) is 12.3. The molecule has 0 radical (unpaired) electrons. The third-order valence-corrected chi connectivity index (χ3v) is 4.54. The molecule has 4 heteroatoms. The van der Waals surface area contributed by atoms with Crippen molar-refractivity contribution in [3.05, 3.63) is 83.5 Å². The summed E-state index contributed by atoms with van der Waals surface area (Å²) in [4.78, 5) is 4.89. The lowest BCUT2D eigenvalue weighted by Gasteiger charge is -2.15. The molecule has 0 bridgehead atoms. The van der Waals surface area contributed by atoms with E-state index in [4.69, 9.17) is 21.9 Å². The molecule has 0 amide bonds. The van der Waals surface area contributed by atoms with Gasteiger partial charge in [-0.25, -0.2) is 4.98 Å². The standard InChI is InChI=1S/C21H16N2OS/c1-24-17-13-11-16(12-14-17)23-20(15-7-3-2-4-8-15)22-19-10-6-5-9-18(19)21(23)25/h2-14H,1H3. The van der Waals surface area contributed by atoms with E-state index >= 15 is 0 Å². The van der Waals surface area contributed by atoms with Crippen LogP contribution in [-0.2, 0) is 0 Å². The van der Waals surface area contributed by atoms with Crippen LogP contribution in [0.3, 0.4) is 0 Å². The molecule has 0 aliphatic rings. The van der Waals surface area contributed by atoms with Gasteiger partial charge in [-0.05, 0) is 36.4 Å². The number of hydrogen-bond donors (Lipinski definition) is 0. The van der Waals surface area contributed by atoms with Crippen LogP contribution in [0.4, 0.5) is 0 Å². The fourth-order valence-corrected chi connectivity index (χ4v) is 3.25. The fourth-order valence-electron chi connectivity index (χ4n) is 2.88. The van der Waals surface area contributed by atoms with Crippen LogP contribution in [0, 0.1) is 4.64 Å². The summed E-state index contributed by atoms with van der Waals surface area (Å²) < 4.78 is 8.03. The predicted molar refractivity (Wildman–Crippen MR) is 104 cm³/mol. The van der Waals surface area contributed by atoms with Gasteiger partial charge in [0.05, 0.1) is 12.6 Å². The molecule has 3 nitrogen and oxygen atoms in total. The van der Waals surface area contributed by atoms with Crippen LogP contribution >= 0.6 is 12.2 Å². The SMILES string of the molecule is COc1ccc(-n2c(-c3ccccc3)nc3ccccc3c2=S)cc1. The first kappa shape index (κ1) is 15.5. The molecule has 0 saturated carbocycles. The third-order valence-electron chi connectivity index (χ3n) is 4.14. The Bertz CT molecular complexity index is 1090. The number of hydrogen-bond acceptors (Lipinski definition) is 3. The van der Waals surface area contributed by atoms with E-state index in [1.54, 1.807) is 7.11 Å². The Balaban J connectivity index is 2.06. The molecule has 122 valence electrons. The Morgan fingerprint density at radius 1 is 0.840 bits per heavy atom. The van der Waals surface area contributed by atoms with Crippen molar-refractivity contribution in [3.63, 3.8) is 0 Å². The second-order valence-corrected chi connectivity index (χ2v) is 6.04. The average molecular weight is 344 g/mol. The van der Waals surface area contributed by atoms with Crippen LogP contribution in [0.1, 0.15) is 0 Å². The van der Waals surface area contributed by atoms with Gasteiger partial charge in [-0.15, -0.1) is 0 Å². The highest BCUT2D eigenvalue weighted by Crippen LogP contribution is 2.27. The number of methoxy groups -OCH3 is 1. The molecule has 0 atom stereocenters. The first-order valence-corrected chi connectivity index (χ1v) is 8.40.